The Labute approximate surface area is 176 Å². The minimum absolute atomic E-state index is 0.0827. The van der Waals surface area contributed by atoms with Crippen molar-refractivity contribution in [3.63, 3.8) is 0 Å². The summed E-state index contributed by atoms with van der Waals surface area (Å²) in [5.74, 6) is 1.01. The Kier molecular flexibility index (Phi) is 5.34. The molecule has 2 saturated carbocycles. The second-order valence-corrected chi connectivity index (χ2v) is 10.3. The lowest BCUT2D eigenvalue weighted by Crippen LogP contribution is -2.38. The minimum atomic E-state index is -3.94. The first-order chi connectivity index (χ1) is 13.7. The number of hydrogen-bond donors (Lipinski definition) is 2. The summed E-state index contributed by atoms with van der Waals surface area (Å²) in [5.41, 5.74) is 2.63. The number of halogens is 1. The van der Waals surface area contributed by atoms with E-state index in [1.54, 1.807) is 18.2 Å². The molecule has 0 spiro atoms. The molecule has 2 bridgehead atoms. The number of carbonyl (C=O) groups excluding carboxylic acids is 1. The predicted molar refractivity (Wildman–Crippen MR) is 115 cm³/mol. The smallest absolute Gasteiger partial charge is 0.263 e. The highest BCUT2D eigenvalue weighted by Gasteiger charge is 2.40. The summed E-state index contributed by atoms with van der Waals surface area (Å²) in [7, 11) is -3.94. The molecular weight excluding hydrogens is 408 g/mol. The van der Waals surface area contributed by atoms with Crippen molar-refractivity contribution < 1.29 is 13.2 Å². The van der Waals surface area contributed by atoms with Crippen molar-refractivity contribution in [2.24, 2.45) is 11.8 Å². The van der Waals surface area contributed by atoms with Gasteiger partial charge in [-0.15, -0.1) is 0 Å². The number of fused-ring (bicyclic) bond motifs is 2. The quantitative estimate of drug-likeness (QED) is 0.720. The highest BCUT2D eigenvalue weighted by Crippen LogP contribution is 2.44. The topological polar surface area (TPSA) is 75.3 Å². The number of hydrogen-bond acceptors (Lipinski definition) is 3. The largest absolute Gasteiger partial charge is 0.349 e. The van der Waals surface area contributed by atoms with Crippen molar-refractivity contribution in [1.82, 2.24) is 5.32 Å². The third-order valence-electron chi connectivity index (χ3n) is 6.39. The second-order valence-electron chi connectivity index (χ2n) is 8.25. The van der Waals surface area contributed by atoms with Crippen LogP contribution in [0.3, 0.4) is 0 Å². The number of benzene rings is 2. The van der Waals surface area contributed by atoms with E-state index in [1.165, 1.54) is 25.0 Å². The molecule has 2 fully saturated rings. The van der Waals surface area contributed by atoms with Gasteiger partial charge in [0, 0.05) is 11.6 Å². The molecule has 154 valence electrons. The van der Waals surface area contributed by atoms with Gasteiger partial charge in [0.15, 0.2) is 0 Å². The summed E-state index contributed by atoms with van der Waals surface area (Å²) in [6.07, 6.45) is 4.62. The van der Waals surface area contributed by atoms with Crippen LogP contribution in [0, 0.1) is 25.7 Å². The zero-order valence-electron chi connectivity index (χ0n) is 16.5. The Morgan fingerprint density at radius 1 is 1.10 bits per heavy atom. The average Bonchev–Trinajstić information content (AvgIpc) is 3.28. The van der Waals surface area contributed by atoms with E-state index in [-0.39, 0.29) is 21.9 Å². The zero-order valence-corrected chi connectivity index (χ0v) is 18.1. The van der Waals surface area contributed by atoms with Crippen LogP contribution in [0.5, 0.6) is 0 Å². The molecule has 7 heteroatoms. The van der Waals surface area contributed by atoms with Crippen molar-refractivity contribution in [2.45, 2.75) is 50.5 Å². The zero-order chi connectivity index (χ0) is 20.8. The fourth-order valence-corrected chi connectivity index (χ4v) is 6.23. The van der Waals surface area contributed by atoms with E-state index in [2.05, 4.69) is 10.0 Å². The third kappa shape index (κ3) is 4.01. The Bertz CT molecular complexity index is 1070. The van der Waals surface area contributed by atoms with Crippen molar-refractivity contribution in [2.75, 3.05) is 4.72 Å². The molecule has 29 heavy (non-hydrogen) atoms. The maximum absolute atomic E-state index is 13.0. The average molecular weight is 433 g/mol. The molecule has 2 N–H and O–H groups in total. The van der Waals surface area contributed by atoms with Crippen molar-refractivity contribution in [3.8, 4) is 0 Å². The molecule has 1 amide bonds. The van der Waals surface area contributed by atoms with Crippen LogP contribution in [-0.4, -0.2) is 20.4 Å². The maximum atomic E-state index is 13.0. The number of carbonyl (C=O) groups is 1. The highest BCUT2D eigenvalue weighted by molar-refractivity contribution is 7.92. The van der Waals surface area contributed by atoms with E-state index in [4.69, 9.17) is 11.6 Å². The van der Waals surface area contributed by atoms with Gasteiger partial charge >= 0.3 is 0 Å². The molecule has 2 aliphatic carbocycles. The molecule has 0 aromatic heterocycles. The van der Waals surface area contributed by atoms with Gasteiger partial charge in [0.05, 0.1) is 10.7 Å². The fraction of sp³-hybridized carbons (Fsp3) is 0.409. The number of anilines is 1. The maximum Gasteiger partial charge on any atom is 0.263 e. The van der Waals surface area contributed by atoms with Crippen LogP contribution in [0.2, 0.25) is 5.02 Å². The number of aryl methyl sites for hydroxylation is 1. The lowest BCUT2D eigenvalue weighted by molar-refractivity contribution is 0.0922. The number of nitrogens with one attached hydrogen (secondary N) is 2. The van der Waals surface area contributed by atoms with Gasteiger partial charge in [-0.2, -0.15) is 0 Å². The summed E-state index contributed by atoms with van der Waals surface area (Å²) >= 11 is 6.19. The van der Waals surface area contributed by atoms with E-state index < -0.39 is 10.0 Å². The normalized spacial score (nSPS) is 23.2. The molecule has 0 saturated heterocycles. The fourth-order valence-electron chi connectivity index (χ4n) is 4.59. The number of amides is 1. The first-order valence-corrected chi connectivity index (χ1v) is 11.8. The molecule has 0 radical (unpaired) electrons. The van der Waals surface area contributed by atoms with E-state index in [0.717, 1.165) is 24.0 Å². The first-order valence-electron chi connectivity index (χ1n) is 9.94. The molecule has 0 aliphatic heterocycles. The third-order valence-corrected chi connectivity index (χ3v) is 8.23. The summed E-state index contributed by atoms with van der Waals surface area (Å²) in [6, 6.07) is 10.0. The minimum Gasteiger partial charge on any atom is -0.349 e. The summed E-state index contributed by atoms with van der Waals surface area (Å²) in [6.45, 7) is 3.77. The van der Waals surface area contributed by atoms with E-state index in [1.807, 2.05) is 19.9 Å². The Morgan fingerprint density at radius 2 is 1.90 bits per heavy atom. The van der Waals surface area contributed by atoms with Gasteiger partial charge in [0.25, 0.3) is 15.9 Å². The van der Waals surface area contributed by atoms with Crippen molar-refractivity contribution >= 4 is 33.2 Å². The van der Waals surface area contributed by atoms with Gasteiger partial charge < -0.3 is 5.32 Å². The van der Waals surface area contributed by atoms with Crippen LogP contribution in [0.4, 0.5) is 5.69 Å². The molecule has 5 nitrogen and oxygen atoms in total. The molecule has 2 aliphatic rings. The van der Waals surface area contributed by atoms with Gasteiger partial charge in [-0.1, -0.05) is 30.2 Å². The predicted octanol–water partition coefficient (Wildman–Crippen LogP) is 4.68. The summed E-state index contributed by atoms with van der Waals surface area (Å²) in [5, 5.41) is 3.18. The van der Waals surface area contributed by atoms with Gasteiger partial charge in [-0.25, -0.2) is 8.42 Å². The Morgan fingerprint density at radius 3 is 2.59 bits per heavy atom. The molecule has 3 atom stereocenters. The standard InChI is InChI=1S/C22H25ClN2O3S/c1-13-4-3-5-19(14(13)2)25-29(27,28)21-12-17(8-9-18(21)23)22(26)24-20-11-15-6-7-16(20)10-15/h3-5,8-9,12,15-16,20,25H,6-7,10-11H2,1-2H3,(H,24,26). The Balaban J connectivity index is 1.57. The van der Waals surface area contributed by atoms with Gasteiger partial charge in [-0.3, -0.25) is 9.52 Å². The van der Waals surface area contributed by atoms with Crippen LogP contribution in [0.15, 0.2) is 41.3 Å². The molecule has 2 aromatic rings. The van der Waals surface area contributed by atoms with Gasteiger partial charge in [0.2, 0.25) is 0 Å². The number of rotatable bonds is 5. The van der Waals surface area contributed by atoms with Crippen LogP contribution in [-0.2, 0) is 10.0 Å². The van der Waals surface area contributed by atoms with Gasteiger partial charge in [-0.05, 0) is 80.3 Å². The van der Waals surface area contributed by atoms with Crippen LogP contribution < -0.4 is 10.0 Å². The summed E-state index contributed by atoms with van der Waals surface area (Å²) < 4.78 is 28.6. The molecule has 2 aromatic carbocycles. The van der Waals surface area contributed by atoms with Crippen LogP contribution in [0.25, 0.3) is 0 Å². The first kappa shape index (κ1) is 20.2. The van der Waals surface area contributed by atoms with E-state index in [0.29, 0.717) is 23.1 Å². The van der Waals surface area contributed by atoms with Crippen LogP contribution in [0.1, 0.15) is 47.2 Å². The number of sulfonamides is 1. The Hall–Kier alpha value is -2.05. The monoisotopic (exact) mass is 432 g/mol. The van der Waals surface area contributed by atoms with Crippen molar-refractivity contribution in [1.29, 1.82) is 0 Å². The van der Waals surface area contributed by atoms with Gasteiger partial charge in [0.1, 0.15) is 4.90 Å². The highest BCUT2D eigenvalue weighted by atomic mass is 35.5. The molecular formula is C22H25ClN2O3S. The van der Waals surface area contributed by atoms with Crippen molar-refractivity contribution in [3.05, 3.63) is 58.1 Å². The lowest BCUT2D eigenvalue weighted by atomic mass is 9.95. The second kappa shape index (κ2) is 7.65. The SMILES string of the molecule is Cc1cccc(NS(=O)(=O)c2cc(C(=O)NC3CC4CCC3C4)ccc2Cl)c1C. The molecule has 3 unspecified atom stereocenters. The van der Waals surface area contributed by atoms with E-state index >= 15 is 0 Å². The molecule has 4 rings (SSSR count). The summed E-state index contributed by atoms with van der Waals surface area (Å²) in [4.78, 5) is 12.7. The molecule has 0 heterocycles. The van der Waals surface area contributed by atoms with Crippen LogP contribution >= 0.6 is 11.6 Å². The lowest BCUT2D eigenvalue weighted by Gasteiger charge is -2.23. The van der Waals surface area contributed by atoms with E-state index in [9.17, 15) is 13.2 Å².